The molecule has 0 saturated carbocycles. The van der Waals surface area contributed by atoms with Crippen molar-refractivity contribution in [2.24, 2.45) is 5.92 Å². The number of nitrogens with one attached hydrogen (secondary N) is 2. The van der Waals surface area contributed by atoms with Crippen LogP contribution in [0.5, 0.6) is 0 Å². The predicted octanol–water partition coefficient (Wildman–Crippen LogP) is 2.41. The van der Waals surface area contributed by atoms with Crippen molar-refractivity contribution in [3.63, 3.8) is 0 Å². The van der Waals surface area contributed by atoms with Crippen LogP contribution in [-0.4, -0.2) is 57.9 Å². The highest BCUT2D eigenvalue weighted by Crippen LogP contribution is 2.25. The third-order valence-corrected chi connectivity index (χ3v) is 7.31. The number of piperidine rings is 1. The fourth-order valence-electron chi connectivity index (χ4n) is 3.62. The Balaban J connectivity index is 1.70. The molecule has 9 heteroatoms. The van der Waals surface area contributed by atoms with E-state index >= 15 is 0 Å². The van der Waals surface area contributed by atoms with Crippen molar-refractivity contribution < 1.29 is 22.7 Å². The second-order valence-electron chi connectivity index (χ2n) is 7.80. The van der Waals surface area contributed by atoms with Crippen molar-refractivity contribution in [2.45, 2.75) is 24.7 Å². The average Bonchev–Trinajstić information content (AvgIpc) is 2.80. The zero-order valence-corrected chi connectivity index (χ0v) is 19.2. The first-order chi connectivity index (χ1) is 15.3. The van der Waals surface area contributed by atoms with E-state index in [4.69, 9.17) is 4.74 Å². The summed E-state index contributed by atoms with van der Waals surface area (Å²) in [5, 5.41) is 5.56. The van der Waals surface area contributed by atoms with Gasteiger partial charge in [-0.25, -0.2) is 8.42 Å². The monoisotopic (exact) mass is 459 g/mol. The van der Waals surface area contributed by atoms with Gasteiger partial charge in [-0.05, 0) is 44.0 Å². The van der Waals surface area contributed by atoms with Gasteiger partial charge >= 0.3 is 0 Å². The quantitative estimate of drug-likeness (QED) is 0.590. The molecule has 0 bridgehead atoms. The molecule has 1 fully saturated rings. The van der Waals surface area contributed by atoms with Crippen molar-refractivity contribution >= 4 is 27.5 Å². The molecule has 1 aliphatic heterocycles. The highest BCUT2D eigenvalue weighted by molar-refractivity contribution is 7.89. The molecule has 2 aromatic carbocycles. The van der Waals surface area contributed by atoms with Gasteiger partial charge in [0.05, 0.1) is 28.7 Å². The summed E-state index contributed by atoms with van der Waals surface area (Å²) in [7, 11) is -2.13. The molecule has 2 N–H and O–H groups in total. The van der Waals surface area contributed by atoms with E-state index in [0.717, 1.165) is 5.56 Å². The van der Waals surface area contributed by atoms with E-state index < -0.39 is 15.9 Å². The minimum absolute atomic E-state index is 0.101. The second-order valence-corrected chi connectivity index (χ2v) is 9.74. The largest absolute Gasteiger partial charge is 0.383 e. The maximum absolute atomic E-state index is 13.0. The van der Waals surface area contributed by atoms with Crippen molar-refractivity contribution in [3.8, 4) is 0 Å². The minimum atomic E-state index is -3.68. The van der Waals surface area contributed by atoms with E-state index in [2.05, 4.69) is 10.6 Å². The van der Waals surface area contributed by atoms with E-state index in [1.807, 2.05) is 6.92 Å². The number of nitrogens with zero attached hydrogens (tertiary/aromatic N) is 1. The number of amides is 2. The Morgan fingerprint density at radius 2 is 1.84 bits per heavy atom. The third-order valence-electron chi connectivity index (χ3n) is 5.43. The molecule has 172 valence electrons. The molecule has 2 aromatic rings. The molecule has 0 aliphatic carbocycles. The summed E-state index contributed by atoms with van der Waals surface area (Å²) in [5.41, 5.74) is 1.72. The number of benzene rings is 2. The van der Waals surface area contributed by atoms with Crippen LogP contribution in [0.4, 0.5) is 5.69 Å². The van der Waals surface area contributed by atoms with Gasteiger partial charge < -0.3 is 15.4 Å². The molecule has 3 rings (SSSR count). The third kappa shape index (κ3) is 5.73. The van der Waals surface area contributed by atoms with Crippen LogP contribution in [-0.2, 0) is 19.6 Å². The van der Waals surface area contributed by atoms with Gasteiger partial charge in [-0.15, -0.1) is 0 Å². The van der Waals surface area contributed by atoms with Crippen LogP contribution >= 0.6 is 0 Å². The summed E-state index contributed by atoms with van der Waals surface area (Å²) in [6.45, 7) is 3.11. The summed E-state index contributed by atoms with van der Waals surface area (Å²) < 4.78 is 32.4. The van der Waals surface area contributed by atoms with Crippen LogP contribution in [0, 0.1) is 12.8 Å². The number of anilines is 1. The van der Waals surface area contributed by atoms with Gasteiger partial charge in [0.1, 0.15) is 0 Å². The molecule has 1 atom stereocenters. The molecule has 0 spiro atoms. The molecule has 1 heterocycles. The lowest BCUT2D eigenvalue weighted by Crippen LogP contribution is -2.43. The van der Waals surface area contributed by atoms with Gasteiger partial charge in [0.2, 0.25) is 15.9 Å². The van der Waals surface area contributed by atoms with Crippen molar-refractivity contribution in [1.29, 1.82) is 0 Å². The Bertz CT molecular complexity index is 1050. The van der Waals surface area contributed by atoms with E-state index in [1.54, 1.807) is 55.6 Å². The maximum atomic E-state index is 13.0. The Labute approximate surface area is 189 Å². The highest BCUT2D eigenvalue weighted by atomic mass is 32.2. The van der Waals surface area contributed by atoms with E-state index in [9.17, 15) is 18.0 Å². The number of ether oxygens (including phenoxy) is 1. The van der Waals surface area contributed by atoms with E-state index in [1.165, 1.54) is 4.31 Å². The number of methoxy groups -OCH3 is 1. The molecule has 2 amide bonds. The summed E-state index contributed by atoms with van der Waals surface area (Å²) in [6, 6.07) is 13.4. The van der Waals surface area contributed by atoms with E-state index in [-0.39, 0.29) is 23.3 Å². The molecule has 0 radical (unpaired) electrons. The first-order valence-electron chi connectivity index (χ1n) is 10.6. The molecular formula is C23H29N3O5S. The Morgan fingerprint density at radius 1 is 1.12 bits per heavy atom. The fourth-order valence-corrected chi connectivity index (χ4v) is 5.14. The minimum Gasteiger partial charge on any atom is -0.383 e. The molecule has 0 aromatic heterocycles. The normalized spacial score (nSPS) is 17.0. The average molecular weight is 460 g/mol. The SMILES string of the molecule is COCCNC(=O)c1ccccc1NC(=O)[C@H]1CCCN(S(=O)(=O)c2ccc(C)cc2)C1. The molecule has 1 saturated heterocycles. The lowest BCUT2D eigenvalue weighted by atomic mass is 9.98. The summed E-state index contributed by atoms with van der Waals surface area (Å²) in [4.78, 5) is 25.7. The molecule has 8 nitrogen and oxygen atoms in total. The Hall–Kier alpha value is -2.75. The van der Waals surface area contributed by atoms with E-state index in [0.29, 0.717) is 43.8 Å². The smallest absolute Gasteiger partial charge is 0.253 e. The molecular weight excluding hydrogens is 430 g/mol. The van der Waals surface area contributed by atoms with Crippen LogP contribution in [0.2, 0.25) is 0 Å². The number of carbonyl (C=O) groups is 2. The zero-order valence-electron chi connectivity index (χ0n) is 18.3. The van der Waals surface area contributed by atoms with Crippen LogP contribution in [0.25, 0.3) is 0 Å². The van der Waals surface area contributed by atoms with Crippen LogP contribution < -0.4 is 10.6 Å². The number of aryl methyl sites for hydroxylation is 1. The number of rotatable bonds is 8. The Morgan fingerprint density at radius 3 is 2.56 bits per heavy atom. The number of hydrogen-bond donors (Lipinski definition) is 2. The number of carbonyl (C=O) groups excluding carboxylic acids is 2. The van der Waals surface area contributed by atoms with Crippen LogP contribution in [0.15, 0.2) is 53.4 Å². The van der Waals surface area contributed by atoms with Crippen molar-refractivity contribution in [3.05, 3.63) is 59.7 Å². The topological polar surface area (TPSA) is 105 Å². The standard InChI is InChI=1S/C23H29N3O5S/c1-17-9-11-19(12-10-17)32(29,30)26-14-5-6-18(16-26)22(27)25-21-8-4-3-7-20(21)23(28)24-13-15-31-2/h3-4,7-12,18H,5-6,13-16H2,1-2H3,(H,24,28)(H,25,27)/t18-/m0/s1. The van der Waals surface area contributed by atoms with Gasteiger partial charge in [0, 0.05) is 26.7 Å². The number of sulfonamides is 1. The van der Waals surface area contributed by atoms with Crippen molar-refractivity contribution in [2.75, 3.05) is 38.7 Å². The lowest BCUT2D eigenvalue weighted by molar-refractivity contribution is -0.120. The van der Waals surface area contributed by atoms with Gasteiger partial charge in [-0.1, -0.05) is 29.8 Å². The number of hydrogen-bond acceptors (Lipinski definition) is 5. The van der Waals surface area contributed by atoms with Gasteiger partial charge in [-0.2, -0.15) is 4.31 Å². The van der Waals surface area contributed by atoms with Crippen LogP contribution in [0.3, 0.4) is 0 Å². The van der Waals surface area contributed by atoms with Gasteiger partial charge in [0.25, 0.3) is 5.91 Å². The fraction of sp³-hybridized carbons (Fsp3) is 0.391. The molecule has 32 heavy (non-hydrogen) atoms. The van der Waals surface area contributed by atoms with Gasteiger partial charge in [0.15, 0.2) is 0 Å². The highest BCUT2D eigenvalue weighted by Gasteiger charge is 2.33. The summed E-state index contributed by atoms with van der Waals surface area (Å²) in [6.07, 6.45) is 1.16. The Kier molecular flexibility index (Phi) is 8.00. The summed E-state index contributed by atoms with van der Waals surface area (Å²) >= 11 is 0. The molecule has 0 unspecified atom stereocenters. The summed E-state index contributed by atoms with van der Waals surface area (Å²) in [5.74, 6) is -1.12. The zero-order chi connectivity index (χ0) is 23.1. The maximum Gasteiger partial charge on any atom is 0.253 e. The predicted molar refractivity (Wildman–Crippen MR) is 122 cm³/mol. The van der Waals surface area contributed by atoms with Crippen molar-refractivity contribution in [1.82, 2.24) is 9.62 Å². The number of para-hydroxylation sites is 1. The first kappa shape index (κ1) is 23.9. The lowest BCUT2D eigenvalue weighted by Gasteiger charge is -2.31. The second kappa shape index (κ2) is 10.7. The van der Waals surface area contributed by atoms with Gasteiger partial charge in [-0.3, -0.25) is 9.59 Å². The van der Waals surface area contributed by atoms with Crippen LogP contribution in [0.1, 0.15) is 28.8 Å². The first-order valence-corrected chi connectivity index (χ1v) is 12.0. The molecule has 1 aliphatic rings.